The number of hydrogen-bond acceptors (Lipinski definition) is 4. The number of esters is 1. The van der Waals surface area contributed by atoms with E-state index in [2.05, 4.69) is 5.32 Å². The van der Waals surface area contributed by atoms with Crippen molar-refractivity contribution in [3.05, 3.63) is 29.8 Å². The lowest BCUT2D eigenvalue weighted by molar-refractivity contribution is -0.174. The van der Waals surface area contributed by atoms with Crippen molar-refractivity contribution >= 4 is 23.3 Å². The second-order valence-corrected chi connectivity index (χ2v) is 5.98. The van der Waals surface area contributed by atoms with Gasteiger partial charge in [-0.1, -0.05) is 18.2 Å². The molecular weight excluding hydrogens is 300 g/mol. The molecule has 0 amide bonds. The number of carbonyl (C=O) groups is 1. The molecule has 118 valence electrons. The van der Waals surface area contributed by atoms with Crippen LogP contribution in [-0.4, -0.2) is 34.9 Å². The summed E-state index contributed by atoms with van der Waals surface area (Å²) in [5.74, 6) is 0.0379. The predicted molar refractivity (Wildman–Crippen MR) is 86.5 cm³/mol. The van der Waals surface area contributed by atoms with Crippen LogP contribution >= 0.6 is 12.2 Å². The molecule has 0 radical (unpaired) electrons. The Labute approximate surface area is 135 Å². The van der Waals surface area contributed by atoms with Gasteiger partial charge >= 0.3 is 5.97 Å². The average Bonchev–Trinajstić information content (AvgIpc) is 2.46. The first-order valence-corrected chi connectivity index (χ1v) is 7.96. The van der Waals surface area contributed by atoms with Crippen molar-refractivity contribution < 1.29 is 14.3 Å². The van der Waals surface area contributed by atoms with Crippen LogP contribution in [0.4, 0.5) is 0 Å². The van der Waals surface area contributed by atoms with Gasteiger partial charge in [0.2, 0.25) is 0 Å². The van der Waals surface area contributed by atoms with Gasteiger partial charge in [-0.3, -0.25) is 4.79 Å². The molecule has 0 aliphatic carbocycles. The van der Waals surface area contributed by atoms with Gasteiger partial charge in [-0.15, -0.1) is 0 Å². The molecule has 1 aromatic carbocycles. The quantitative estimate of drug-likeness (QED) is 0.681. The highest BCUT2D eigenvalue weighted by molar-refractivity contribution is 7.80. The predicted octanol–water partition coefficient (Wildman–Crippen LogP) is 2.23. The van der Waals surface area contributed by atoms with E-state index in [9.17, 15) is 4.79 Å². The summed E-state index contributed by atoms with van der Waals surface area (Å²) in [6, 6.07) is 7.51. The summed E-state index contributed by atoms with van der Waals surface area (Å²) in [5.41, 5.74) is 0.0960. The molecule has 1 fully saturated rings. The molecule has 0 saturated carbocycles. The second-order valence-electron chi connectivity index (χ2n) is 5.60. The van der Waals surface area contributed by atoms with Gasteiger partial charge in [0.1, 0.15) is 11.7 Å². The molecule has 3 unspecified atom stereocenters. The van der Waals surface area contributed by atoms with Crippen LogP contribution in [0, 0.1) is 5.92 Å². The number of benzene rings is 1. The normalized spacial score (nSPS) is 29.2. The lowest BCUT2D eigenvalue weighted by atomic mass is 9.79. The Kier molecular flexibility index (Phi) is 3.72. The second kappa shape index (κ2) is 5.43. The minimum Gasteiger partial charge on any atom is -0.467 e. The summed E-state index contributed by atoms with van der Waals surface area (Å²) in [4.78, 5) is 14.5. The SMILES string of the molecule is CCOC(=O)C1C2NC(=S)N(CC)C1(C)Oc1ccccc12. The molecule has 1 saturated heterocycles. The lowest BCUT2D eigenvalue weighted by Crippen LogP contribution is -2.71. The van der Waals surface area contributed by atoms with E-state index in [4.69, 9.17) is 21.7 Å². The Morgan fingerprint density at radius 1 is 1.45 bits per heavy atom. The monoisotopic (exact) mass is 320 g/mol. The number of thiocarbonyl (C=S) groups is 1. The van der Waals surface area contributed by atoms with Crippen molar-refractivity contribution in [3.8, 4) is 5.75 Å². The van der Waals surface area contributed by atoms with E-state index in [0.29, 0.717) is 18.3 Å². The fraction of sp³-hybridized carbons (Fsp3) is 0.500. The molecule has 2 bridgehead atoms. The molecule has 0 spiro atoms. The number of rotatable bonds is 3. The van der Waals surface area contributed by atoms with Crippen LogP contribution in [0.2, 0.25) is 0 Å². The largest absolute Gasteiger partial charge is 0.467 e. The zero-order valence-electron chi connectivity index (χ0n) is 13.0. The third-order valence-corrected chi connectivity index (χ3v) is 4.74. The van der Waals surface area contributed by atoms with Crippen molar-refractivity contribution in [3.63, 3.8) is 0 Å². The minimum absolute atomic E-state index is 0.232. The number of nitrogens with zero attached hydrogens (tertiary/aromatic N) is 1. The Balaban J connectivity index is 2.13. The molecule has 6 heteroatoms. The molecule has 1 N–H and O–H groups in total. The van der Waals surface area contributed by atoms with E-state index in [1.807, 2.05) is 49.9 Å². The van der Waals surface area contributed by atoms with Crippen LogP contribution in [0.3, 0.4) is 0 Å². The van der Waals surface area contributed by atoms with Gasteiger partial charge in [-0.05, 0) is 39.1 Å². The van der Waals surface area contributed by atoms with E-state index >= 15 is 0 Å². The van der Waals surface area contributed by atoms with Gasteiger partial charge in [-0.25, -0.2) is 0 Å². The van der Waals surface area contributed by atoms with E-state index in [1.54, 1.807) is 0 Å². The highest BCUT2D eigenvalue weighted by Crippen LogP contribution is 2.48. The minimum atomic E-state index is -0.845. The van der Waals surface area contributed by atoms with Crippen molar-refractivity contribution in [2.24, 2.45) is 5.92 Å². The van der Waals surface area contributed by atoms with Crippen LogP contribution in [0.25, 0.3) is 0 Å². The molecule has 5 nitrogen and oxygen atoms in total. The zero-order chi connectivity index (χ0) is 15.9. The maximum Gasteiger partial charge on any atom is 0.317 e. The maximum atomic E-state index is 12.6. The van der Waals surface area contributed by atoms with E-state index < -0.39 is 11.6 Å². The van der Waals surface area contributed by atoms with Crippen LogP contribution in [0.5, 0.6) is 5.75 Å². The van der Waals surface area contributed by atoms with Crippen LogP contribution in [0.15, 0.2) is 24.3 Å². The van der Waals surface area contributed by atoms with Gasteiger partial charge in [0.15, 0.2) is 10.8 Å². The first kappa shape index (κ1) is 15.1. The highest BCUT2D eigenvalue weighted by atomic mass is 32.1. The Morgan fingerprint density at radius 2 is 2.18 bits per heavy atom. The summed E-state index contributed by atoms with van der Waals surface area (Å²) in [6.07, 6.45) is 0. The number of hydrogen-bond donors (Lipinski definition) is 1. The zero-order valence-corrected chi connectivity index (χ0v) is 13.8. The smallest absolute Gasteiger partial charge is 0.317 e. The van der Waals surface area contributed by atoms with Gasteiger partial charge in [0.05, 0.1) is 12.6 Å². The fourth-order valence-corrected chi connectivity index (χ4v) is 3.88. The Morgan fingerprint density at radius 3 is 2.86 bits per heavy atom. The van der Waals surface area contributed by atoms with Crippen molar-refractivity contribution in [2.75, 3.05) is 13.2 Å². The van der Waals surface area contributed by atoms with Gasteiger partial charge < -0.3 is 19.7 Å². The van der Waals surface area contributed by atoms with E-state index in [0.717, 1.165) is 11.3 Å². The Hall–Kier alpha value is -1.82. The molecule has 3 atom stereocenters. The number of para-hydroxylation sites is 1. The third kappa shape index (κ3) is 2.05. The summed E-state index contributed by atoms with van der Waals surface area (Å²) in [6.45, 7) is 6.70. The fourth-order valence-electron chi connectivity index (χ4n) is 3.45. The average molecular weight is 320 g/mol. The van der Waals surface area contributed by atoms with Crippen LogP contribution < -0.4 is 10.1 Å². The van der Waals surface area contributed by atoms with Gasteiger partial charge in [-0.2, -0.15) is 0 Å². The third-order valence-electron chi connectivity index (χ3n) is 4.40. The van der Waals surface area contributed by atoms with Crippen LogP contribution in [-0.2, 0) is 9.53 Å². The molecular formula is C16H20N2O3S. The maximum absolute atomic E-state index is 12.6. The summed E-state index contributed by atoms with van der Waals surface area (Å²) < 4.78 is 11.5. The molecule has 2 heterocycles. The first-order chi connectivity index (χ1) is 10.5. The van der Waals surface area contributed by atoms with Gasteiger partial charge in [0, 0.05) is 12.1 Å². The molecule has 0 aromatic heterocycles. The molecule has 2 aliphatic rings. The van der Waals surface area contributed by atoms with Crippen LogP contribution in [0.1, 0.15) is 32.4 Å². The molecule has 3 rings (SSSR count). The number of carbonyl (C=O) groups excluding carboxylic acids is 1. The number of nitrogens with one attached hydrogen (secondary N) is 1. The van der Waals surface area contributed by atoms with Crippen molar-refractivity contribution in [1.29, 1.82) is 0 Å². The van der Waals surface area contributed by atoms with Crippen molar-refractivity contribution in [2.45, 2.75) is 32.5 Å². The summed E-state index contributed by atoms with van der Waals surface area (Å²) in [5, 5.41) is 3.90. The summed E-state index contributed by atoms with van der Waals surface area (Å²) >= 11 is 5.47. The van der Waals surface area contributed by atoms with E-state index in [-0.39, 0.29) is 12.0 Å². The Bertz CT molecular complexity index is 621. The molecule has 1 aromatic rings. The number of ether oxygens (including phenoxy) is 2. The number of fused-ring (bicyclic) bond motifs is 4. The molecule has 2 aliphatic heterocycles. The first-order valence-electron chi connectivity index (χ1n) is 7.55. The van der Waals surface area contributed by atoms with Crippen molar-refractivity contribution in [1.82, 2.24) is 10.2 Å². The molecule has 22 heavy (non-hydrogen) atoms. The van der Waals surface area contributed by atoms with E-state index in [1.165, 1.54) is 0 Å². The summed E-state index contributed by atoms with van der Waals surface area (Å²) in [7, 11) is 0. The topological polar surface area (TPSA) is 50.8 Å². The highest BCUT2D eigenvalue weighted by Gasteiger charge is 2.58. The standard InChI is InChI=1S/C16H20N2O3S/c1-4-18-15(22)17-13-10-8-6-7-9-11(10)21-16(18,3)12(13)14(19)20-5-2/h6-9,12-13H,4-5H2,1-3H3,(H,17,22). The van der Waals surface area contributed by atoms with Gasteiger partial charge in [0.25, 0.3) is 0 Å². The lowest BCUT2D eigenvalue weighted by Gasteiger charge is -2.55.